The van der Waals surface area contributed by atoms with Gasteiger partial charge in [-0.15, -0.1) is 0 Å². The van der Waals surface area contributed by atoms with Crippen LogP contribution in [0.2, 0.25) is 0 Å². The number of nitrogens with two attached hydrogens (primary N) is 1. The Kier molecular flexibility index (Phi) is 5.05. The summed E-state index contributed by atoms with van der Waals surface area (Å²) in [6.45, 7) is 3.78. The van der Waals surface area contributed by atoms with Crippen molar-refractivity contribution in [2.45, 2.75) is 38.8 Å². The molecule has 0 aliphatic rings. The van der Waals surface area contributed by atoms with Crippen LogP contribution in [0.5, 0.6) is 0 Å². The summed E-state index contributed by atoms with van der Waals surface area (Å²) in [5.41, 5.74) is 5.55. The van der Waals surface area contributed by atoms with Gasteiger partial charge in [-0.3, -0.25) is 14.3 Å². The Bertz CT molecular complexity index is 453. The van der Waals surface area contributed by atoms with Gasteiger partial charge in [-0.05, 0) is 13.3 Å². The van der Waals surface area contributed by atoms with Gasteiger partial charge in [-0.1, -0.05) is 13.3 Å². The highest BCUT2D eigenvalue weighted by Gasteiger charge is 2.27. The van der Waals surface area contributed by atoms with E-state index in [0.29, 0.717) is 12.1 Å². The predicted molar refractivity (Wildman–Crippen MR) is 72.4 cm³/mol. The summed E-state index contributed by atoms with van der Waals surface area (Å²) < 4.78 is 1.45. The van der Waals surface area contributed by atoms with Crippen LogP contribution in [-0.2, 0) is 16.1 Å². The Balaban J connectivity index is 2.63. The fourth-order valence-corrected chi connectivity index (χ4v) is 1.65. The molecule has 0 fully saturated rings. The molecule has 19 heavy (non-hydrogen) atoms. The number of carbonyl (C=O) groups excluding carboxylic acids is 2. The highest BCUT2D eigenvalue weighted by atomic mass is 16.2. The van der Waals surface area contributed by atoms with Crippen LogP contribution in [-0.4, -0.2) is 34.2 Å². The lowest BCUT2D eigenvalue weighted by Crippen LogP contribution is -2.48. The standard InChI is InChI=1S/C12H21N5O2/c1-4-5-12(2,13)11(19)16-9-6-15-17(7-9)8-10(18)14-3/h6-7H,4-5,8,13H2,1-3H3,(H,14,18)(H,16,19). The number of anilines is 1. The number of amides is 2. The molecule has 0 bridgehead atoms. The minimum absolute atomic E-state index is 0.112. The van der Waals surface area contributed by atoms with Crippen LogP contribution in [0, 0.1) is 0 Å². The highest BCUT2D eigenvalue weighted by Crippen LogP contribution is 2.13. The molecule has 0 aliphatic carbocycles. The smallest absolute Gasteiger partial charge is 0.244 e. The molecule has 0 saturated heterocycles. The van der Waals surface area contributed by atoms with Crippen LogP contribution in [0.3, 0.4) is 0 Å². The fraction of sp³-hybridized carbons (Fsp3) is 0.583. The minimum Gasteiger partial charge on any atom is -0.358 e. The van der Waals surface area contributed by atoms with E-state index in [9.17, 15) is 9.59 Å². The molecular weight excluding hydrogens is 246 g/mol. The van der Waals surface area contributed by atoms with E-state index in [1.165, 1.54) is 10.9 Å². The van der Waals surface area contributed by atoms with Crippen molar-refractivity contribution in [2.24, 2.45) is 5.73 Å². The number of hydrogen-bond donors (Lipinski definition) is 3. The van der Waals surface area contributed by atoms with Crippen LogP contribution in [0.25, 0.3) is 0 Å². The van der Waals surface area contributed by atoms with Crippen LogP contribution in [0.4, 0.5) is 5.69 Å². The van der Waals surface area contributed by atoms with E-state index in [1.807, 2.05) is 6.92 Å². The van der Waals surface area contributed by atoms with Gasteiger partial charge in [0.15, 0.2) is 0 Å². The van der Waals surface area contributed by atoms with Crippen LogP contribution < -0.4 is 16.4 Å². The van der Waals surface area contributed by atoms with Crippen LogP contribution >= 0.6 is 0 Å². The quantitative estimate of drug-likeness (QED) is 0.679. The molecule has 1 heterocycles. The highest BCUT2D eigenvalue weighted by molar-refractivity contribution is 5.97. The number of nitrogens with zero attached hydrogens (tertiary/aromatic N) is 2. The van der Waals surface area contributed by atoms with Crippen LogP contribution in [0.15, 0.2) is 12.4 Å². The molecule has 4 N–H and O–H groups in total. The first-order chi connectivity index (χ1) is 8.89. The number of likely N-dealkylation sites (N-methyl/N-ethyl adjacent to an activating group) is 1. The maximum absolute atomic E-state index is 12.0. The Morgan fingerprint density at radius 2 is 2.21 bits per heavy atom. The maximum atomic E-state index is 12.0. The molecule has 0 spiro atoms. The molecule has 1 aromatic rings. The largest absolute Gasteiger partial charge is 0.358 e. The van der Waals surface area contributed by atoms with Gasteiger partial charge >= 0.3 is 0 Å². The summed E-state index contributed by atoms with van der Waals surface area (Å²) in [6, 6.07) is 0. The summed E-state index contributed by atoms with van der Waals surface area (Å²) in [5, 5.41) is 9.18. The van der Waals surface area contributed by atoms with Gasteiger partial charge in [0.2, 0.25) is 11.8 Å². The van der Waals surface area contributed by atoms with Crippen molar-refractivity contribution in [1.82, 2.24) is 15.1 Å². The topological polar surface area (TPSA) is 102 Å². The molecule has 7 heteroatoms. The lowest BCUT2D eigenvalue weighted by molar-refractivity contribution is -0.121. The molecule has 1 aromatic heterocycles. The van der Waals surface area contributed by atoms with Crippen molar-refractivity contribution in [3.8, 4) is 0 Å². The zero-order valence-electron chi connectivity index (χ0n) is 11.6. The summed E-state index contributed by atoms with van der Waals surface area (Å²) in [4.78, 5) is 23.1. The van der Waals surface area contributed by atoms with Gasteiger partial charge in [-0.2, -0.15) is 5.10 Å². The van der Waals surface area contributed by atoms with Gasteiger partial charge < -0.3 is 16.4 Å². The number of rotatable bonds is 6. The van der Waals surface area contributed by atoms with E-state index < -0.39 is 5.54 Å². The second-order valence-electron chi connectivity index (χ2n) is 4.72. The van der Waals surface area contributed by atoms with Crippen molar-refractivity contribution in [3.05, 3.63) is 12.4 Å². The van der Waals surface area contributed by atoms with Gasteiger partial charge in [0.1, 0.15) is 6.54 Å². The third kappa shape index (κ3) is 4.36. The molecule has 0 aromatic carbocycles. The lowest BCUT2D eigenvalue weighted by atomic mass is 9.96. The average molecular weight is 267 g/mol. The normalized spacial score (nSPS) is 13.7. The summed E-state index contributed by atoms with van der Waals surface area (Å²) in [6.07, 6.45) is 4.51. The van der Waals surface area contributed by atoms with Crippen LogP contribution in [0.1, 0.15) is 26.7 Å². The fourth-order valence-electron chi connectivity index (χ4n) is 1.65. The molecule has 0 saturated carbocycles. The van der Waals surface area contributed by atoms with Crippen molar-refractivity contribution in [1.29, 1.82) is 0 Å². The van der Waals surface area contributed by atoms with E-state index >= 15 is 0 Å². The second kappa shape index (κ2) is 6.33. The second-order valence-corrected chi connectivity index (χ2v) is 4.72. The zero-order valence-corrected chi connectivity index (χ0v) is 11.6. The first-order valence-corrected chi connectivity index (χ1v) is 6.22. The molecule has 2 amide bonds. The zero-order chi connectivity index (χ0) is 14.5. The Labute approximate surface area is 112 Å². The van der Waals surface area contributed by atoms with Crippen molar-refractivity contribution in [2.75, 3.05) is 12.4 Å². The summed E-state index contributed by atoms with van der Waals surface area (Å²) in [5.74, 6) is -0.413. The first kappa shape index (κ1) is 15.2. The van der Waals surface area contributed by atoms with Crippen molar-refractivity contribution in [3.63, 3.8) is 0 Å². The summed E-state index contributed by atoms with van der Waals surface area (Å²) in [7, 11) is 1.55. The molecule has 0 radical (unpaired) electrons. The molecule has 1 rings (SSSR count). The van der Waals surface area contributed by atoms with E-state index in [0.717, 1.165) is 6.42 Å². The van der Waals surface area contributed by atoms with Gasteiger partial charge in [0, 0.05) is 13.2 Å². The minimum atomic E-state index is -0.905. The molecular formula is C12H21N5O2. The van der Waals surface area contributed by atoms with Crippen molar-refractivity contribution < 1.29 is 9.59 Å². The molecule has 1 atom stereocenters. The Morgan fingerprint density at radius 3 is 2.79 bits per heavy atom. The van der Waals surface area contributed by atoms with Gasteiger partial charge in [0.25, 0.3) is 0 Å². The molecule has 106 valence electrons. The third-order valence-electron chi connectivity index (χ3n) is 2.76. The lowest BCUT2D eigenvalue weighted by Gasteiger charge is -2.22. The Hall–Kier alpha value is -1.89. The van der Waals surface area contributed by atoms with Crippen molar-refractivity contribution >= 4 is 17.5 Å². The number of carbonyl (C=O) groups is 2. The monoisotopic (exact) mass is 267 g/mol. The van der Waals surface area contributed by atoms with Gasteiger partial charge in [0.05, 0.1) is 17.4 Å². The average Bonchev–Trinajstić information content (AvgIpc) is 2.76. The SMILES string of the molecule is CCCC(C)(N)C(=O)Nc1cnn(CC(=O)NC)c1. The van der Waals surface area contributed by atoms with E-state index in [4.69, 9.17) is 5.73 Å². The third-order valence-corrected chi connectivity index (χ3v) is 2.76. The Morgan fingerprint density at radius 1 is 1.53 bits per heavy atom. The summed E-state index contributed by atoms with van der Waals surface area (Å²) >= 11 is 0. The predicted octanol–water partition coefficient (Wildman–Crippen LogP) is 0.0851. The van der Waals surface area contributed by atoms with E-state index in [2.05, 4.69) is 15.7 Å². The molecule has 0 aliphatic heterocycles. The van der Waals surface area contributed by atoms with E-state index in [1.54, 1.807) is 20.2 Å². The number of hydrogen-bond acceptors (Lipinski definition) is 4. The maximum Gasteiger partial charge on any atom is 0.244 e. The van der Waals surface area contributed by atoms with E-state index in [-0.39, 0.29) is 18.4 Å². The first-order valence-electron chi connectivity index (χ1n) is 6.22. The molecule has 1 unspecified atom stereocenters. The molecule has 7 nitrogen and oxygen atoms in total. The number of nitrogens with one attached hydrogen (secondary N) is 2. The number of aromatic nitrogens is 2. The van der Waals surface area contributed by atoms with Gasteiger partial charge in [-0.25, -0.2) is 0 Å².